The molecule has 2 heterocycles. The Balaban J connectivity index is 1.76. The van der Waals surface area contributed by atoms with E-state index in [2.05, 4.69) is 22.2 Å². The predicted octanol–water partition coefficient (Wildman–Crippen LogP) is 3.00. The maximum absolute atomic E-state index is 12.6. The van der Waals surface area contributed by atoms with Crippen molar-refractivity contribution in [1.29, 1.82) is 0 Å². The Kier molecular flexibility index (Phi) is 5.02. The second kappa shape index (κ2) is 7.38. The molecule has 0 spiro atoms. The normalized spacial score (nSPS) is 12.1. The summed E-state index contributed by atoms with van der Waals surface area (Å²) in [6.07, 6.45) is 2.14. The van der Waals surface area contributed by atoms with Crippen LogP contribution in [0.5, 0.6) is 11.5 Å². The number of aryl methyl sites for hydroxylation is 1. The predicted molar refractivity (Wildman–Crippen MR) is 95.5 cm³/mol. The number of carbonyl (C=O) groups is 1. The van der Waals surface area contributed by atoms with Crippen molar-refractivity contribution in [2.24, 2.45) is 0 Å². The molecule has 1 aliphatic rings. The summed E-state index contributed by atoms with van der Waals surface area (Å²) >= 11 is 0. The quantitative estimate of drug-likeness (QED) is 0.870. The van der Waals surface area contributed by atoms with E-state index in [0.717, 1.165) is 25.1 Å². The van der Waals surface area contributed by atoms with Crippen LogP contribution in [0.25, 0.3) is 0 Å². The summed E-state index contributed by atoms with van der Waals surface area (Å²) in [6, 6.07) is 6.96. The van der Waals surface area contributed by atoms with Gasteiger partial charge in [-0.25, -0.2) is 9.97 Å². The summed E-state index contributed by atoms with van der Waals surface area (Å²) in [6.45, 7) is 5.04. The van der Waals surface area contributed by atoms with Gasteiger partial charge >= 0.3 is 0 Å². The Hall–Kier alpha value is -2.83. The van der Waals surface area contributed by atoms with E-state index < -0.39 is 0 Å². The number of carbonyl (C=O) groups excluding carboxylic acids is 1. The minimum absolute atomic E-state index is 0.200. The number of nitrogens with zero attached hydrogens (tertiary/aromatic N) is 3. The highest BCUT2D eigenvalue weighted by molar-refractivity contribution is 6.03. The third kappa shape index (κ3) is 3.99. The van der Waals surface area contributed by atoms with Gasteiger partial charge in [0.25, 0.3) is 5.91 Å². The first kappa shape index (κ1) is 17.0. The number of ether oxygens (including phenoxy) is 2. The number of aromatic nitrogens is 2. The van der Waals surface area contributed by atoms with Crippen LogP contribution in [0.4, 0.5) is 11.6 Å². The van der Waals surface area contributed by atoms with Crippen molar-refractivity contribution in [2.75, 3.05) is 30.6 Å². The maximum atomic E-state index is 12.6. The minimum Gasteiger partial charge on any atom is -0.454 e. The number of hydrogen-bond acceptors (Lipinski definition) is 6. The number of unbranched alkanes of at least 4 members (excludes halogenated alkanes) is 1. The summed E-state index contributed by atoms with van der Waals surface area (Å²) < 4.78 is 10.6. The Morgan fingerprint density at radius 1 is 1.24 bits per heavy atom. The standard InChI is InChI=1S/C18H22N4O3/c1-4-5-8-22(3)18-19-12(2)9-14(21-18)17(23)20-13-6-7-15-16(10-13)25-11-24-15/h6-7,9-10H,4-5,8,11H2,1-3H3,(H,20,23). The number of amides is 1. The third-order valence-electron chi connectivity index (χ3n) is 3.89. The molecule has 2 aromatic rings. The molecule has 0 saturated heterocycles. The average Bonchev–Trinajstić information content (AvgIpc) is 3.06. The first-order valence-electron chi connectivity index (χ1n) is 8.34. The van der Waals surface area contributed by atoms with Crippen LogP contribution >= 0.6 is 0 Å². The van der Waals surface area contributed by atoms with E-state index in [4.69, 9.17) is 9.47 Å². The molecule has 1 aliphatic heterocycles. The zero-order valence-corrected chi connectivity index (χ0v) is 14.7. The molecule has 7 nitrogen and oxygen atoms in total. The van der Waals surface area contributed by atoms with Crippen LogP contribution < -0.4 is 19.7 Å². The SMILES string of the molecule is CCCCN(C)c1nc(C)cc(C(=O)Nc2ccc3c(c2)OCO3)n1. The Morgan fingerprint density at radius 3 is 2.84 bits per heavy atom. The summed E-state index contributed by atoms with van der Waals surface area (Å²) in [4.78, 5) is 23.4. The lowest BCUT2D eigenvalue weighted by molar-refractivity contribution is 0.102. The summed E-state index contributed by atoms with van der Waals surface area (Å²) in [5, 5.41) is 2.84. The van der Waals surface area contributed by atoms with E-state index in [0.29, 0.717) is 28.8 Å². The zero-order chi connectivity index (χ0) is 17.8. The molecule has 7 heteroatoms. The summed E-state index contributed by atoms with van der Waals surface area (Å²) in [5.74, 6) is 1.58. The van der Waals surface area contributed by atoms with Gasteiger partial charge in [-0.05, 0) is 31.5 Å². The van der Waals surface area contributed by atoms with Crippen molar-refractivity contribution in [3.8, 4) is 11.5 Å². The zero-order valence-electron chi connectivity index (χ0n) is 14.7. The minimum atomic E-state index is -0.283. The van der Waals surface area contributed by atoms with Gasteiger partial charge in [-0.3, -0.25) is 4.79 Å². The first-order valence-corrected chi connectivity index (χ1v) is 8.34. The Bertz CT molecular complexity index is 779. The molecule has 1 N–H and O–H groups in total. The number of rotatable bonds is 6. The molecular formula is C18H22N4O3. The molecule has 1 amide bonds. The number of nitrogens with one attached hydrogen (secondary N) is 1. The third-order valence-corrected chi connectivity index (χ3v) is 3.89. The molecule has 0 aliphatic carbocycles. The van der Waals surface area contributed by atoms with Crippen LogP contribution in [0, 0.1) is 6.92 Å². The number of benzene rings is 1. The summed E-state index contributed by atoms with van der Waals surface area (Å²) in [5.41, 5.74) is 1.72. The first-order chi connectivity index (χ1) is 12.1. The maximum Gasteiger partial charge on any atom is 0.274 e. The molecule has 1 aromatic heterocycles. The highest BCUT2D eigenvalue weighted by Gasteiger charge is 2.16. The van der Waals surface area contributed by atoms with Crippen molar-refractivity contribution in [3.63, 3.8) is 0 Å². The smallest absolute Gasteiger partial charge is 0.274 e. The Labute approximate surface area is 147 Å². The molecule has 0 unspecified atom stereocenters. The fourth-order valence-electron chi connectivity index (χ4n) is 2.50. The fourth-order valence-corrected chi connectivity index (χ4v) is 2.50. The van der Waals surface area contributed by atoms with Crippen molar-refractivity contribution in [1.82, 2.24) is 9.97 Å². The molecule has 0 saturated carbocycles. The van der Waals surface area contributed by atoms with Crippen molar-refractivity contribution in [2.45, 2.75) is 26.7 Å². The highest BCUT2D eigenvalue weighted by Crippen LogP contribution is 2.34. The van der Waals surface area contributed by atoms with Gasteiger partial charge in [-0.2, -0.15) is 0 Å². The largest absolute Gasteiger partial charge is 0.454 e. The molecule has 0 bridgehead atoms. The van der Waals surface area contributed by atoms with Gasteiger partial charge in [-0.1, -0.05) is 13.3 Å². The number of anilines is 2. The molecule has 0 atom stereocenters. The van der Waals surface area contributed by atoms with E-state index in [-0.39, 0.29) is 12.7 Å². The molecule has 1 aromatic carbocycles. The van der Waals surface area contributed by atoms with E-state index in [1.807, 2.05) is 18.9 Å². The lowest BCUT2D eigenvalue weighted by Gasteiger charge is -2.17. The molecule has 25 heavy (non-hydrogen) atoms. The van der Waals surface area contributed by atoms with Crippen LogP contribution in [0.1, 0.15) is 35.9 Å². The van der Waals surface area contributed by atoms with E-state index in [9.17, 15) is 4.79 Å². The monoisotopic (exact) mass is 342 g/mol. The topological polar surface area (TPSA) is 76.6 Å². The lowest BCUT2D eigenvalue weighted by Crippen LogP contribution is -2.23. The van der Waals surface area contributed by atoms with E-state index in [1.54, 1.807) is 24.3 Å². The fraction of sp³-hybridized carbons (Fsp3) is 0.389. The van der Waals surface area contributed by atoms with Gasteiger partial charge in [0.2, 0.25) is 12.7 Å². The number of hydrogen-bond donors (Lipinski definition) is 1. The van der Waals surface area contributed by atoms with Gasteiger partial charge < -0.3 is 19.7 Å². The van der Waals surface area contributed by atoms with Crippen LogP contribution in [0.15, 0.2) is 24.3 Å². The van der Waals surface area contributed by atoms with Crippen molar-refractivity contribution < 1.29 is 14.3 Å². The van der Waals surface area contributed by atoms with Crippen LogP contribution in [-0.2, 0) is 0 Å². The molecule has 0 fully saturated rings. The molecule has 0 radical (unpaired) electrons. The molecular weight excluding hydrogens is 320 g/mol. The molecule has 132 valence electrons. The van der Waals surface area contributed by atoms with E-state index in [1.165, 1.54) is 0 Å². The summed E-state index contributed by atoms with van der Waals surface area (Å²) in [7, 11) is 1.93. The van der Waals surface area contributed by atoms with Crippen molar-refractivity contribution >= 4 is 17.5 Å². The lowest BCUT2D eigenvalue weighted by atomic mass is 10.2. The van der Waals surface area contributed by atoms with Gasteiger partial charge in [-0.15, -0.1) is 0 Å². The van der Waals surface area contributed by atoms with Gasteiger partial charge in [0, 0.05) is 31.0 Å². The highest BCUT2D eigenvalue weighted by atomic mass is 16.7. The second-order valence-electron chi connectivity index (χ2n) is 5.99. The second-order valence-corrected chi connectivity index (χ2v) is 5.99. The Morgan fingerprint density at radius 2 is 2.04 bits per heavy atom. The molecule has 3 rings (SSSR count). The van der Waals surface area contributed by atoms with Gasteiger partial charge in [0.05, 0.1) is 0 Å². The van der Waals surface area contributed by atoms with E-state index >= 15 is 0 Å². The van der Waals surface area contributed by atoms with Crippen LogP contribution in [0.3, 0.4) is 0 Å². The van der Waals surface area contributed by atoms with Gasteiger partial charge in [0.1, 0.15) is 5.69 Å². The van der Waals surface area contributed by atoms with Gasteiger partial charge in [0.15, 0.2) is 11.5 Å². The average molecular weight is 342 g/mol. The van der Waals surface area contributed by atoms with Crippen LogP contribution in [0.2, 0.25) is 0 Å². The van der Waals surface area contributed by atoms with Crippen molar-refractivity contribution in [3.05, 3.63) is 35.7 Å². The number of fused-ring (bicyclic) bond motifs is 1. The van der Waals surface area contributed by atoms with Crippen LogP contribution in [-0.4, -0.2) is 36.3 Å².